The van der Waals surface area contributed by atoms with Crippen LogP contribution in [0.25, 0.3) is 6.08 Å². The molecule has 1 aromatic carbocycles. The van der Waals surface area contributed by atoms with Gasteiger partial charge in [0.25, 0.3) is 0 Å². The Morgan fingerprint density at radius 1 is 1.25 bits per heavy atom. The predicted molar refractivity (Wildman–Crippen MR) is 65.8 cm³/mol. The first-order valence-corrected chi connectivity index (χ1v) is 5.89. The van der Waals surface area contributed by atoms with Gasteiger partial charge in [-0.2, -0.15) is 0 Å². The van der Waals surface area contributed by atoms with E-state index >= 15 is 0 Å². The van der Waals surface area contributed by atoms with Crippen molar-refractivity contribution in [3.63, 3.8) is 0 Å². The van der Waals surface area contributed by atoms with E-state index in [4.69, 9.17) is 4.74 Å². The van der Waals surface area contributed by atoms with E-state index in [0.29, 0.717) is 0 Å². The zero-order valence-electron chi connectivity index (χ0n) is 9.84. The lowest BCUT2D eigenvalue weighted by Gasteiger charge is -2.31. The van der Waals surface area contributed by atoms with E-state index in [1.54, 1.807) is 0 Å². The summed E-state index contributed by atoms with van der Waals surface area (Å²) in [6.07, 6.45) is 5.48. The molecule has 1 saturated heterocycles. The zero-order valence-corrected chi connectivity index (χ0v) is 9.84. The molecule has 2 aliphatic heterocycles. The molecule has 1 N–H and O–H groups in total. The Labute approximate surface area is 96.3 Å². The van der Waals surface area contributed by atoms with Gasteiger partial charge in [-0.25, -0.2) is 0 Å². The number of aryl methyl sites for hydroxylation is 2. The SMILES string of the molecule is Cc1cc2c(cc1C)OC1(C=C2)CCNC1. The van der Waals surface area contributed by atoms with Crippen molar-refractivity contribution < 1.29 is 4.74 Å². The van der Waals surface area contributed by atoms with E-state index in [1.807, 2.05) is 0 Å². The van der Waals surface area contributed by atoms with Gasteiger partial charge in [-0.3, -0.25) is 0 Å². The second kappa shape index (κ2) is 3.36. The Bertz CT molecular complexity index is 456. The van der Waals surface area contributed by atoms with E-state index in [-0.39, 0.29) is 5.60 Å². The van der Waals surface area contributed by atoms with Crippen LogP contribution in [-0.2, 0) is 0 Å². The number of hydrogen-bond donors (Lipinski definition) is 1. The Balaban J connectivity index is 2.03. The Hall–Kier alpha value is -1.28. The van der Waals surface area contributed by atoms with Gasteiger partial charge in [-0.15, -0.1) is 0 Å². The highest BCUT2D eigenvalue weighted by atomic mass is 16.5. The summed E-state index contributed by atoms with van der Waals surface area (Å²) in [4.78, 5) is 0. The number of ether oxygens (including phenoxy) is 1. The summed E-state index contributed by atoms with van der Waals surface area (Å²) in [6.45, 7) is 6.25. The third kappa shape index (κ3) is 1.45. The van der Waals surface area contributed by atoms with E-state index in [0.717, 1.165) is 25.3 Å². The molecule has 3 rings (SSSR count). The number of fused-ring (bicyclic) bond motifs is 1. The van der Waals surface area contributed by atoms with Crippen LogP contribution < -0.4 is 10.1 Å². The molecule has 0 amide bonds. The maximum Gasteiger partial charge on any atom is 0.141 e. The molecule has 1 aromatic rings. The number of nitrogens with one attached hydrogen (secondary N) is 1. The van der Waals surface area contributed by atoms with Gasteiger partial charge in [-0.1, -0.05) is 6.08 Å². The van der Waals surface area contributed by atoms with Crippen molar-refractivity contribution in [2.75, 3.05) is 13.1 Å². The van der Waals surface area contributed by atoms with E-state index < -0.39 is 0 Å². The van der Waals surface area contributed by atoms with E-state index in [2.05, 4.69) is 43.4 Å². The maximum atomic E-state index is 6.17. The maximum absolute atomic E-state index is 6.17. The molecule has 1 fully saturated rings. The summed E-state index contributed by atoms with van der Waals surface area (Å²) in [5, 5.41) is 3.36. The highest BCUT2D eigenvalue weighted by Gasteiger charge is 2.35. The van der Waals surface area contributed by atoms with Crippen molar-refractivity contribution in [3.8, 4) is 5.75 Å². The molecule has 1 atom stereocenters. The van der Waals surface area contributed by atoms with Crippen LogP contribution in [0, 0.1) is 13.8 Å². The van der Waals surface area contributed by atoms with Crippen molar-refractivity contribution >= 4 is 6.08 Å². The van der Waals surface area contributed by atoms with Crippen molar-refractivity contribution in [2.45, 2.75) is 25.9 Å². The fourth-order valence-electron chi connectivity index (χ4n) is 2.44. The van der Waals surface area contributed by atoms with E-state index in [9.17, 15) is 0 Å². The van der Waals surface area contributed by atoms with Crippen molar-refractivity contribution in [2.24, 2.45) is 0 Å². The number of rotatable bonds is 0. The predicted octanol–water partition coefficient (Wildman–Crippen LogP) is 2.44. The van der Waals surface area contributed by atoms with Crippen LogP contribution in [0.3, 0.4) is 0 Å². The Morgan fingerprint density at radius 2 is 2.06 bits per heavy atom. The molecule has 0 bridgehead atoms. The molecular formula is C14H17NO. The topological polar surface area (TPSA) is 21.3 Å². The fraction of sp³-hybridized carbons (Fsp3) is 0.429. The summed E-state index contributed by atoms with van der Waals surface area (Å²) in [6, 6.07) is 4.37. The molecule has 16 heavy (non-hydrogen) atoms. The first-order chi connectivity index (χ1) is 7.69. The minimum Gasteiger partial charge on any atom is -0.481 e. The van der Waals surface area contributed by atoms with Gasteiger partial charge in [0.05, 0.1) is 0 Å². The van der Waals surface area contributed by atoms with Gasteiger partial charge >= 0.3 is 0 Å². The molecule has 0 aromatic heterocycles. The summed E-state index contributed by atoms with van der Waals surface area (Å²) < 4.78 is 6.17. The minimum atomic E-state index is -0.0886. The van der Waals surface area contributed by atoms with Gasteiger partial charge in [0, 0.05) is 18.5 Å². The Morgan fingerprint density at radius 3 is 2.81 bits per heavy atom. The first-order valence-electron chi connectivity index (χ1n) is 5.89. The minimum absolute atomic E-state index is 0.0886. The van der Waals surface area contributed by atoms with Crippen LogP contribution in [0.1, 0.15) is 23.1 Å². The molecule has 0 radical (unpaired) electrons. The van der Waals surface area contributed by atoms with Crippen molar-refractivity contribution in [1.82, 2.24) is 5.32 Å². The molecule has 84 valence electrons. The summed E-state index contributed by atoms with van der Waals surface area (Å²) in [5.41, 5.74) is 3.75. The molecule has 0 aliphatic carbocycles. The fourth-order valence-corrected chi connectivity index (χ4v) is 2.44. The molecule has 1 spiro atoms. The monoisotopic (exact) mass is 215 g/mol. The summed E-state index contributed by atoms with van der Waals surface area (Å²) in [7, 11) is 0. The summed E-state index contributed by atoms with van der Waals surface area (Å²) >= 11 is 0. The molecule has 2 aliphatic rings. The molecule has 2 heterocycles. The zero-order chi connectivity index (χ0) is 11.2. The number of benzene rings is 1. The molecule has 2 nitrogen and oxygen atoms in total. The van der Waals surface area contributed by atoms with Gasteiger partial charge in [0.1, 0.15) is 11.4 Å². The van der Waals surface area contributed by atoms with Crippen LogP contribution in [-0.4, -0.2) is 18.7 Å². The van der Waals surface area contributed by atoms with Crippen molar-refractivity contribution in [3.05, 3.63) is 34.9 Å². The molecule has 1 unspecified atom stereocenters. The van der Waals surface area contributed by atoms with E-state index in [1.165, 1.54) is 16.7 Å². The van der Waals surface area contributed by atoms with Crippen LogP contribution in [0.15, 0.2) is 18.2 Å². The summed E-state index contributed by atoms with van der Waals surface area (Å²) in [5.74, 6) is 1.04. The van der Waals surface area contributed by atoms with Crippen LogP contribution in [0.4, 0.5) is 0 Å². The standard InChI is InChI=1S/C14H17NO/c1-10-7-12-3-4-14(5-6-15-9-14)16-13(12)8-11(10)2/h3-4,7-8,15H,5-6,9H2,1-2H3. The Kier molecular flexibility index (Phi) is 2.08. The van der Waals surface area contributed by atoms with Gasteiger partial charge in [-0.05, 0) is 49.7 Å². The molecular weight excluding hydrogens is 198 g/mol. The highest BCUT2D eigenvalue weighted by molar-refractivity contribution is 5.63. The molecule has 0 saturated carbocycles. The van der Waals surface area contributed by atoms with Gasteiger partial charge in [0.15, 0.2) is 0 Å². The average Bonchev–Trinajstić information content (AvgIpc) is 2.69. The van der Waals surface area contributed by atoms with Crippen molar-refractivity contribution in [1.29, 1.82) is 0 Å². The van der Waals surface area contributed by atoms with Crippen LogP contribution >= 0.6 is 0 Å². The van der Waals surface area contributed by atoms with Gasteiger partial charge < -0.3 is 10.1 Å². The average molecular weight is 215 g/mol. The highest BCUT2D eigenvalue weighted by Crippen LogP contribution is 2.35. The number of hydrogen-bond acceptors (Lipinski definition) is 2. The lowest BCUT2D eigenvalue weighted by atomic mass is 9.95. The largest absolute Gasteiger partial charge is 0.481 e. The lowest BCUT2D eigenvalue weighted by molar-refractivity contribution is 0.139. The smallest absolute Gasteiger partial charge is 0.141 e. The second-order valence-corrected chi connectivity index (χ2v) is 4.90. The normalized spacial score (nSPS) is 26.9. The quantitative estimate of drug-likeness (QED) is 0.717. The van der Waals surface area contributed by atoms with Gasteiger partial charge in [0.2, 0.25) is 0 Å². The second-order valence-electron chi connectivity index (χ2n) is 4.90. The molecule has 2 heteroatoms. The van der Waals surface area contributed by atoms with Crippen LogP contribution in [0.2, 0.25) is 0 Å². The third-order valence-corrected chi connectivity index (χ3v) is 3.66. The first kappa shape index (κ1) is 9.91. The van der Waals surface area contributed by atoms with Crippen LogP contribution in [0.5, 0.6) is 5.75 Å². The third-order valence-electron chi connectivity index (χ3n) is 3.66. The lowest BCUT2D eigenvalue weighted by Crippen LogP contribution is -2.37.